The molecule has 0 aliphatic rings. The summed E-state index contributed by atoms with van der Waals surface area (Å²) in [4.78, 5) is 2.60. The van der Waals surface area contributed by atoms with E-state index in [0.29, 0.717) is 11.6 Å². The molecule has 2 aromatic rings. The molecule has 96 valence electrons. The van der Waals surface area contributed by atoms with E-state index in [4.69, 9.17) is 16.3 Å². The summed E-state index contributed by atoms with van der Waals surface area (Å²) in [6.07, 6.45) is 0. The molecule has 1 aromatic heterocycles. The summed E-state index contributed by atoms with van der Waals surface area (Å²) >= 11 is 7.71. The lowest BCUT2D eigenvalue weighted by atomic mass is 10.2. The Balaban J connectivity index is 1.99. The molecule has 4 heteroatoms. The van der Waals surface area contributed by atoms with Crippen LogP contribution in [0.4, 0.5) is 0 Å². The zero-order valence-corrected chi connectivity index (χ0v) is 12.0. The highest BCUT2D eigenvalue weighted by Crippen LogP contribution is 2.24. The number of halogens is 1. The monoisotopic (exact) mass is 281 g/mol. The van der Waals surface area contributed by atoms with E-state index < -0.39 is 0 Å². The van der Waals surface area contributed by atoms with Crippen LogP contribution in [0.5, 0.6) is 5.75 Å². The van der Waals surface area contributed by atoms with Gasteiger partial charge in [-0.25, -0.2) is 0 Å². The van der Waals surface area contributed by atoms with E-state index in [1.165, 1.54) is 9.75 Å². The van der Waals surface area contributed by atoms with Gasteiger partial charge in [-0.05, 0) is 44.3 Å². The number of benzene rings is 1. The van der Waals surface area contributed by atoms with Crippen molar-refractivity contribution in [2.75, 3.05) is 13.7 Å². The lowest BCUT2D eigenvalue weighted by Crippen LogP contribution is -2.22. The molecule has 1 atom stereocenters. The molecule has 0 amide bonds. The summed E-state index contributed by atoms with van der Waals surface area (Å²) in [7, 11) is 1.95. The van der Waals surface area contributed by atoms with Crippen molar-refractivity contribution < 1.29 is 4.74 Å². The Hall–Kier alpha value is -1.03. The number of hydrogen-bond donors (Lipinski definition) is 1. The van der Waals surface area contributed by atoms with Crippen LogP contribution in [-0.2, 0) is 0 Å². The van der Waals surface area contributed by atoms with Crippen LogP contribution in [0.1, 0.15) is 15.8 Å². The number of nitrogens with one attached hydrogen (secondary N) is 1. The van der Waals surface area contributed by atoms with Gasteiger partial charge in [-0.15, -0.1) is 11.3 Å². The first kappa shape index (κ1) is 13.4. The van der Waals surface area contributed by atoms with Crippen LogP contribution in [-0.4, -0.2) is 13.7 Å². The van der Waals surface area contributed by atoms with Gasteiger partial charge in [-0.2, -0.15) is 0 Å². The maximum absolute atomic E-state index is 5.92. The zero-order valence-electron chi connectivity index (χ0n) is 10.4. The second kappa shape index (κ2) is 6.23. The molecule has 1 unspecified atom stereocenters. The van der Waals surface area contributed by atoms with Gasteiger partial charge in [0.25, 0.3) is 0 Å². The summed E-state index contributed by atoms with van der Waals surface area (Å²) in [6.45, 7) is 2.70. The Bertz CT molecular complexity index is 512. The third-order valence-electron chi connectivity index (χ3n) is 2.67. The number of likely N-dealkylation sites (N-methyl/N-ethyl adjacent to an activating group) is 1. The number of aryl methyl sites for hydroxylation is 1. The highest BCUT2D eigenvalue weighted by atomic mass is 35.5. The standard InChI is InChI=1S/C14H16ClNOS/c1-10-6-7-14(18-10)13(16-2)9-17-12-5-3-4-11(15)8-12/h3-8,13,16H,9H2,1-2H3. The normalized spacial score (nSPS) is 12.4. The van der Waals surface area contributed by atoms with E-state index in [-0.39, 0.29) is 6.04 Å². The minimum atomic E-state index is 0.211. The lowest BCUT2D eigenvalue weighted by molar-refractivity contribution is 0.275. The molecule has 1 heterocycles. The average molecular weight is 282 g/mol. The minimum absolute atomic E-state index is 0.211. The fourth-order valence-electron chi connectivity index (χ4n) is 1.68. The van der Waals surface area contributed by atoms with Gasteiger partial charge < -0.3 is 10.1 Å². The SMILES string of the molecule is CNC(COc1cccc(Cl)c1)c1ccc(C)s1. The largest absolute Gasteiger partial charge is 0.492 e. The number of thiophene rings is 1. The Morgan fingerprint density at radius 1 is 1.33 bits per heavy atom. The molecular weight excluding hydrogens is 266 g/mol. The van der Waals surface area contributed by atoms with Crippen molar-refractivity contribution in [1.29, 1.82) is 0 Å². The van der Waals surface area contributed by atoms with E-state index in [1.807, 2.05) is 31.3 Å². The maximum Gasteiger partial charge on any atom is 0.120 e. The van der Waals surface area contributed by atoms with Gasteiger partial charge >= 0.3 is 0 Å². The van der Waals surface area contributed by atoms with E-state index >= 15 is 0 Å². The Morgan fingerprint density at radius 2 is 2.17 bits per heavy atom. The first-order valence-corrected chi connectivity index (χ1v) is 7.00. The number of hydrogen-bond acceptors (Lipinski definition) is 3. The van der Waals surface area contributed by atoms with Crippen molar-refractivity contribution in [3.8, 4) is 5.75 Å². The third kappa shape index (κ3) is 3.48. The fourth-order valence-corrected chi connectivity index (χ4v) is 2.84. The summed E-state index contributed by atoms with van der Waals surface area (Å²) in [5.41, 5.74) is 0. The van der Waals surface area contributed by atoms with Crippen LogP contribution >= 0.6 is 22.9 Å². The molecule has 0 saturated heterocycles. The smallest absolute Gasteiger partial charge is 0.120 e. The fraction of sp³-hybridized carbons (Fsp3) is 0.286. The summed E-state index contributed by atoms with van der Waals surface area (Å²) in [5.74, 6) is 0.802. The topological polar surface area (TPSA) is 21.3 Å². The van der Waals surface area contributed by atoms with Gasteiger partial charge in [-0.1, -0.05) is 17.7 Å². The van der Waals surface area contributed by atoms with Crippen LogP contribution in [0.15, 0.2) is 36.4 Å². The van der Waals surface area contributed by atoms with E-state index in [9.17, 15) is 0 Å². The van der Waals surface area contributed by atoms with Crippen molar-refractivity contribution in [1.82, 2.24) is 5.32 Å². The van der Waals surface area contributed by atoms with Crippen molar-refractivity contribution in [2.24, 2.45) is 0 Å². The van der Waals surface area contributed by atoms with E-state index in [1.54, 1.807) is 11.3 Å². The van der Waals surface area contributed by atoms with Crippen LogP contribution in [0.2, 0.25) is 5.02 Å². The van der Waals surface area contributed by atoms with Crippen molar-refractivity contribution >= 4 is 22.9 Å². The van der Waals surface area contributed by atoms with Gasteiger partial charge in [0.05, 0.1) is 6.04 Å². The van der Waals surface area contributed by atoms with E-state index in [2.05, 4.69) is 24.4 Å². The lowest BCUT2D eigenvalue weighted by Gasteiger charge is -2.15. The molecular formula is C14H16ClNOS. The molecule has 1 aromatic carbocycles. The molecule has 0 saturated carbocycles. The van der Waals surface area contributed by atoms with Gasteiger partial charge in [0.2, 0.25) is 0 Å². The Kier molecular flexibility index (Phi) is 4.64. The molecule has 0 bridgehead atoms. The molecule has 0 aliphatic carbocycles. The van der Waals surface area contributed by atoms with Crippen LogP contribution in [0, 0.1) is 6.92 Å². The number of rotatable bonds is 5. The van der Waals surface area contributed by atoms with Gasteiger partial charge in [0, 0.05) is 14.8 Å². The highest BCUT2D eigenvalue weighted by Gasteiger charge is 2.12. The zero-order chi connectivity index (χ0) is 13.0. The second-order valence-electron chi connectivity index (χ2n) is 4.06. The first-order chi connectivity index (χ1) is 8.69. The molecule has 0 fully saturated rings. The van der Waals surface area contributed by atoms with Gasteiger partial charge in [-0.3, -0.25) is 0 Å². The summed E-state index contributed by atoms with van der Waals surface area (Å²) in [5, 5.41) is 3.96. The molecule has 2 rings (SSSR count). The van der Waals surface area contributed by atoms with Gasteiger partial charge in [0.15, 0.2) is 0 Å². The van der Waals surface area contributed by atoms with Crippen LogP contribution in [0.3, 0.4) is 0 Å². The van der Waals surface area contributed by atoms with Crippen LogP contribution < -0.4 is 10.1 Å². The maximum atomic E-state index is 5.92. The highest BCUT2D eigenvalue weighted by molar-refractivity contribution is 7.12. The van der Waals surface area contributed by atoms with Gasteiger partial charge in [0.1, 0.15) is 12.4 Å². The second-order valence-corrected chi connectivity index (χ2v) is 5.81. The molecule has 0 spiro atoms. The summed E-state index contributed by atoms with van der Waals surface area (Å²) in [6, 6.07) is 12.0. The van der Waals surface area contributed by atoms with Crippen molar-refractivity contribution in [3.05, 3.63) is 51.2 Å². The predicted molar refractivity (Wildman–Crippen MR) is 77.8 cm³/mol. The minimum Gasteiger partial charge on any atom is -0.492 e. The molecule has 2 nitrogen and oxygen atoms in total. The van der Waals surface area contributed by atoms with Crippen LogP contribution in [0.25, 0.3) is 0 Å². The molecule has 0 radical (unpaired) electrons. The van der Waals surface area contributed by atoms with Crippen molar-refractivity contribution in [2.45, 2.75) is 13.0 Å². The quantitative estimate of drug-likeness (QED) is 0.893. The first-order valence-electron chi connectivity index (χ1n) is 5.81. The third-order valence-corrected chi connectivity index (χ3v) is 4.02. The number of ether oxygens (including phenoxy) is 1. The van der Waals surface area contributed by atoms with Crippen molar-refractivity contribution in [3.63, 3.8) is 0 Å². The average Bonchev–Trinajstić information content (AvgIpc) is 2.77. The Labute approximate surface area is 117 Å². The molecule has 18 heavy (non-hydrogen) atoms. The van der Waals surface area contributed by atoms with E-state index in [0.717, 1.165) is 5.75 Å². The summed E-state index contributed by atoms with van der Waals surface area (Å²) < 4.78 is 5.76. The molecule has 0 aliphatic heterocycles. The molecule has 1 N–H and O–H groups in total. The Morgan fingerprint density at radius 3 is 2.78 bits per heavy atom. The predicted octanol–water partition coefficient (Wildman–Crippen LogP) is 4.05.